The lowest BCUT2D eigenvalue weighted by molar-refractivity contribution is 0.298. The van der Waals surface area contributed by atoms with Gasteiger partial charge in [0, 0.05) is 25.2 Å². The van der Waals surface area contributed by atoms with Crippen LogP contribution in [-0.2, 0) is 6.54 Å². The standard InChI is InChI=1S/C16H22Br2N2O/c1-2-21-16-12(17)8-11(9-13(16)18)10-19-14-5-7-20-6-3-4-15(14)20/h8-9,14-15,19H,2-7,10H2,1H3. The van der Waals surface area contributed by atoms with E-state index in [1.807, 2.05) is 6.92 Å². The van der Waals surface area contributed by atoms with Crippen molar-refractivity contribution in [3.05, 3.63) is 26.6 Å². The van der Waals surface area contributed by atoms with E-state index in [4.69, 9.17) is 4.74 Å². The van der Waals surface area contributed by atoms with Crippen molar-refractivity contribution in [2.75, 3.05) is 19.7 Å². The van der Waals surface area contributed by atoms with E-state index in [0.717, 1.165) is 27.3 Å². The van der Waals surface area contributed by atoms with Crippen molar-refractivity contribution < 1.29 is 4.74 Å². The van der Waals surface area contributed by atoms with Crippen LogP contribution in [0.2, 0.25) is 0 Å². The van der Waals surface area contributed by atoms with Gasteiger partial charge in [0.1, 0.15) is 5.75 Å². The van der Waals surface area contributed by atoms with E-state index >= 15 is 0 Å². The van der Waals surface area contributed by atoms with Crippen molar-refractivity contribution in [1.82, 2.24) is 10.2 Å². The van der Waals surface area contributed by atoms with Crippen molar-refractivity contribution in [2.45, 2.75) is 44.8 Å². The molecule has 2 fully saturated rings. The van der Waals surface area contributed by atoms with Gasteiger partial charge >= 0.3 is 0 Å². The van der Waals surface area contributed by atoms with Gasteiger partial charge in [0.15, 0.2) is 0 Å². The fourth-order valence-electron chi connectivity index (χ4n) is 3.57. The Balaban J connectivity index is 1.63. The summed E-state index contributed by atoms with van der Waals surface area (Å²) in [6.07, 6.45) is 4.00. The van der Waals surface area contributed by atoms with Crippen molar-refractivity contribution in [1.29, 1.82) is 0 Å². The number of rotatable bonds is 5. The lowest BCUT2D eigenvalue weighted by atomic mass is 10.1. The lowest BCUT2D eigenvalue weighted by Gasteiger charge is -2.21. The summed E-state index contributed by atoms with van der Waals surface area (Å²) in [5.41, 5.74) is 1.29. The Kier molecular flexibility index (Phi) is 5.25. The fraction of sp³-hybridized carbons (Fsp3) is 0.625. The molecule has 21 heavy (non-hydrogen) atoms. The summed E-state index contributed by atoms with van der Waals surface area (Å²) in [6.45, 7) is 6.15. The number of halogens is 2. The first kappa shape index (κ1) is 15.8. The number of nitrogens with zero attached hydrogens (tertiary/aromatic N) is 1. The summed E-state index contributed by atoms with van der Waals surface area (Å²) >= 11 is 7.21. The SMILES string of the molecule is CCOc1c(Br)cc(CNC2CCN3CCCC23)cc1Br. The zero-order valence-corrected chi connectivity index (χ0v) is 15.5. The monoisotopic (exact) mass is 416 g/mol. The maximum atomic E-state index is 5.64. The van der Waals surface area contributed by atoms with Crippen molar-refractivity contribution >= 4 is 31.9 Å². The molecule has 0 amide bonds. The molecule has 116 valence electrons. The molecule has 2 aliphatic rings. The van der Waals surface area contributed by atoms with E-state index in [1.165, 1.54) is 37.9 Å². The van der Waals surface area contributed by atoms with E-state index < -0.39 is 0 Å². The molecule has 0 aromatic heterocycles. The van der Waals surface area contributed by atoms with E-state index in [2.05, 4.69) is 54.2 Å². The summed E-state index contributed by atoms with van der Waals surface area (Å²) in [4.78, 5) is 2.64. The number of ether oxygens (including phenoxy) is 1. The van der Waals surface area contributed by atoms with Gasteiger partial charge in [-0.3, -0.25) is 4.90 Å². The van der Waals surface area contributed by atoms with Gasteiger partial charge in [0.25, 0.3) is 0 Å². The highest BCUT2D eigenvalue weighted by molar-refractivity contribution is 9.11. The first-order chi connectivity index (χ1) is 10.2. The molecule has 1 aromatic carbocycles. The average molecular weight is 418 g/mol. The third-order valence-corrected chi connectivity index (χ3v) is 5.70. The van der Waals surface area contributed by atoms with Crippen LogP contribution in [0.3, 0.4) is 0 Å². The second-order valence-corrected chi connectivity index (χ2v) is 7.55. The van der Waals surface area contributed by atoms with Crippen LogP contribution in [0, 0.1) is 0 Å². The highest BCUT2D eigenvalue weighted by atomic mass is 79.9. The normalized spacial score (nSPS) is 25.3. The highest BCUT2D eigenvalue weighted by Gasteiger charge is 2.36. The third kappa shape index (κ3) is 3.46. The third-order valence-electron chi connectivity index (χ3n) is 4.52. The van der Waals surface area contributed by atoms with Gasteiger partial charge in [-0.25, -0.2) is 0 Å². The lowest BCUT2D eigenvalue weighted by Crippen LogP contribution is -2.38. The molecular formula is C16H22Br2N2O. The molecule has 3 rings (SSSR count). The molecule has 2 atom stereocenters. The van der Waals surface area contributed by atoms with E-state index in [1.54, 1.807) is 0 Å². The summed E-state index contributed by atoms with van der Waals surface area (Å²) in [5, 5.41) is 3.75. The zero-order chi connectivity index (χ0) is 14.8. The molecule has 2 saturated heterocycles. The number of benzene rings is 1. The molecule has 0 aliphatic carbocycles. The van der Waals surface area contributed by atoms with Crippen LogP contribution in [-0.4, -0.2) is 36.7 Å². The minimum atomic E-state index is 0.650. The summed E-state index contributed by atoms with van der Waals surface area (Å²) in [5.74, 6) is 0.893. The molecule has 2 aliphatic heterocycles. The van der Waals surface area contributed by atoms with Crippen molar-refractivity contribution in [3.63, 3.8) is 0 Å². The van der Waals surface area contributed by atoms with E-state index in [-0.39, 0.29) is 0 Å². The van der Waals surface area contributed by atoms with Gasteiger partial charge in [-0.2, -0.15) is 0 Å². The second kappa shape index (κ2) is 6.99. The van der Waals surface area contributed by atoms with Crippen LogP contribution in [0.5, 0.6) is 5.75 Å². The predicted octanol–water partition coefficient (Wildman–Crippen LogP) is 3.94. The summed E-state index contributed by atoms with van der Waals surface area (Å²) < 4.78 is 7.67. The quantitative estimate of drug-likeness (QED) is 0.785. The van der Waals surface area contributed by atoms with Crippen LogP contribution in [0.15, 0.2) is 21.1 Å². The Morgan fingerprint density at radius 1 is 1.24 bits per heavy atom. The van der Waals surface area contributed by atoms with Crippen molar-refractivity contribution in [3.8, 4) is 5.75 Å². The number of fused-ring (bicyclic) bond motifs is 1. The van der Waals surface area contributed by atoms with Crippen molar-refractivity contribution in [2.24, 2.45) is 0 Å². The highest BCUT2D eigenvalue weighted by Crippen LogP contribution is 2.35. The first-order valence-electron chi connectivity index (χ1n) is 7.77. The minimum absolute atomic E-state index is 0.650. The minimum Gasteiger partial charge on any atom is -0.492 e. The van der Waals surface area contributed by atoms with E-state index in [0.29, 0.717) is 12.6 Å². The van der Waals surface area contributed by atoms with Crippen LogP contribution >= 0.6 is 31.9 Å². The maximum absolute atomic E-state index is 5.64. The second-order valence-electron chi connectivity index (χ2n) is 5.84. The maximum Gasteiger partial charge on any atom is 0.147 e. The predicted molar refractivity (Wildman–Crippen MR) is 92.9 cm³/mol. The van der Waals surface area contributed by atoms with Gasteiger partial charge in [-0.05, 0) is 82.3 Å². The van der Waals surface area contributed by atoms with Crippen LogP contribution in [0.4, 0.5) is 0 Å². The Morgan fingerprint density at radius 2 is 2.00 bits per heavy atom. The molecule has 1 aromatic rings. The van der Waals surface area contributed by atoms with Gasteiger partial charge in [0.2, 0.25) is 0 Å². The number of nitrogens with one attached hydrogen (secondary N) is 1. The van der Waals surface area contributed by atoms with Gasteiger partial charge < -0.3 is 10.1 Å². The van der Waals surface area contributed by atoms with Crippen LogP contribution in [0.1, 0.15) is 31.7 Å². The summed E-state index contributed by atoms with van der Waals surface area (Å²) in [7, 11) is 0. The Labute approximate surface area is 143 Å². The molecule has 2 unspecified atom stereocenters. The Hall–Kier alpha value is -0.100. The fourth-order valence-corrected chi connectivity index (χ4v) is 5.08. The molecule has 2 heterocycles. The topological polar surface area (TPSA) is 24.5 Å². The molecule has 1 N–H and O–H groups in total. The first-order valence-corrected chi connectivity index (χ1v) is 9.35. The molecule has 0 saturated carbocycles. The smallest absolute Gasteiger partial charge is 0.147 e. The zero-order valence-electron chi connectivity index (χ0n) is 12.4. The van der Waals surface area contributed by atoms with Gasteiger partial charge in [-0.15, -0.1) is 0 Å². The molecule has 5 heteroatoms. The van der Waals surface area contributed by atoms with Gasteiger partial charge in [-0.1, -0.05) is 0 Å². The largest absolute Gasteiger partial charge is 0.492 e. The molecule has 3 nitrogen and oxygen atoms in total. The Bertz CT molecular complexity index is 486. The molecular weight excluding hydrogens is 396 g/mol. The molecule has 0 spiro atoms. The number of hydrogen-bond donors (Lipinski definition) is 1. The average Bonchev–Trinajstić information content (AvgIpc) is 3.04. The van der Waals surface area contributed by atoms with E-state index in [9.17, 15) is 0 Å². The summed E-state index contributed by atoms with van der Waals surface area (Å²) in [6, 6.07) is 5.73. The van der Waals surface area contributed by atoms with Gasteiger partial charge in [0.05, 0.1) is 15.6 Å². The number of hydrogen-bond acceptors (Lipinski definition) is 3. The molecule has 0 bridgehead atoms. The Morgan fingerprint density at radius 3 is 2.71 bits per heavy atom. The molecule has 0 radical (unpaired) electrons. The van der Waals surface area contributed by atoms with Crippen LogP contribution in [0.25, 0.3) is 0 Å². The van der Waals surface area contributed by atoms with Crippen LogP contribution < -0.4 is 10.1 Å².